The van der Waals surface area contributed by atoms with Gasteiger partial charge in [0, 0.05) is 26.5 Å². The highest BCUT2D eigenvalue weighted by Gasteiger charge is 2.58. The first-order valence-electron chi connectivity index (χ1n) is 12.0. The van der Waals surface area contributed by atoms with Crippen LogP contribution in [-0.2, 0) is 41.7 Å². The zero-order chi connectivity index (χ0) is 24.9. The summed E-state index contributed by atoms with van der Waals surface area (Å²) < 4.78 is 43.6. The van der Waals surface area contributed by atoms with E-state index in [1.54, 1.807) is 19.2 Å². The number of halogens is 1. The molecule has 1 heterocycles. The Morgan fingerprint density at radius 2 is 1.74 bits per heavy atom. The van der Waals surface area contributed by atoms with Crippen LogP contribution < -0.4 is 5.32 Å². The van der Waals surface area contributed by atoms with Gasteiger partial charge in [-0.05, 0) is 37.1 Å². The first-order chi connectivity index (χ1) is 16.8. The molecule has 35 heavy (non-hydrogen) atoms. The zero-order valence-electron chi connectivity index (χ0n) is 20.5. The van der Waals surface area contributed by atoms with Crippen LogP contribution in [0.15, 0.2) is 54.6 Å². The van der Waals surface area contributed by atoms with E-state index in [4.69, 9.17) is 23.7 Å². The molecule has 0 spiro atoms. The van der Waals surface area contributed by atoms with Gasteiger partial charge in [-0.2, -0.15) is 0 Å². The van der Waals surface area contributed by atoms with Crippen molar-refractivity contribution in [2.75, 3.05) is 20.3 Å². The number of nitrogens with one attached hydrogen (secondary N) is 1. The molecule has 1 aliphatic carbocycles. The molecule has 0 aromatic heterocycles. The van der Waals surface area contributed by atoms with Gasteiger partial charge in [-0.1, -0.05) is 42.5 Å². The third kappa shape index (κ3) is 6.45. The molecule has 1 aliphatic heterocycles. The summed E-state index contributed by atoms with van der Waals surface area (Å²) in [6.07, 6.45) is -0.548. The van der Waals surface area contributed by atoms with Crippen LogP contribution in [0.25, 0.3) is 0 Å². The Morgan fingerprint density at radius 3 is 2.46 bits per heavy atom. The molecule has 2 aliphatic rings. The topological polar surface area (TPSA) is 75.3 Å². The number of rotatable bonds is 10. The number of hydrogen-bond donors (Lipinski definition) is 1. The zero-order valence-corrected chi connectivity index (χ0v) is 20.5. The Bertz CT molecular complexity index is 969. The maximum Gasteiger partial charge on any atom is 0.252 e. The van der Waals surface area contributed by atoms with Gasteiger partial charge >= 0.3 is 0 Å². The fourth-order valence-corrected chi connectivity index (χ4v) is 4.72. The maximum absolute atomic E-state index is 13.5. The predicted molar refractivity (Wildman–Crippen MR) is 127 cm³/mol. The largest absolute Gasteiger partial charge is 0.383 e. The summed E-state index contributed by atoms with van der Waals surface area (Å²) in [5, 5.41) is 2.93. The van der Waals surface area contributed by atoms with Gasteiger partial charge in [0.15, 0.2) is 11.4 Å². The lowest BCUT2D eigenvalue weighted by molar-refractivity contribution is -0.183. The van der Waals surface area contributed by atoms with Gasteiger partial charge in [0.2, 0.25) is 0 Å². The molecule has 190 valence electrons. The van der Waals surface area contributed by atoms with Crippen molar-refractivity contribution in [2.24, 2.45) is 0 Å². The molecule has 1 saturated carbocycles. The van der Waals surface area contributed by atoms with Crippen LogP contribution in [0, 0.1) is 5.82 Å². The van der Waals surface area contributed by atoms with E-state index in [1.807, 2.05) is 44.2 Å². The van der Waals surface area contributed by atoms with Crippen LogP contribution in [0.2, 0.25) is 0 Å². The van der Waals surface area contributed by atoms with Crippen LogP contribution in [-0.4, -0.2) is 55.9 Å². The Labute approximate surface area is 205 Å². The molecule has 1 saturated heterocycles. The Hall–Kier alpha value is -2.36. The maximum atomic E-state index is 13.5. The third-order valence-electron chi connectivity index (χ3n) is 6.39. The van der Waals surface area contributed by atoms with Crippen LogP contribution in [0.3, 0.4) is 0 Å². The summed E-state index contributed by atoms with van der Waals surface area (Å²) in [5.41, 5.74) is 0.576. The summed E-state index contributed by atoms with van der Waals surface area (Å²) in [4.78, 5) is 13.5. The number of fused-ring (bicyclic) bond motifs is 1. The van der Waals surface area contributed by atoms with Crippen LogP contribution >= 0.6 is 0 Å². The van der Waals surface area contributed by atoms with Gasteiger partial charge in [0.05, 0.1) is 32.0 Å². The molecule has 7 nitrogen and oxygen atoms in total. The lowest BCUT2D eigenvalue weighted by Gasteiger charge is -2.43. The van der Waals surface area contributed by atoms with Gasteiger partial charge in [-0.25, -0.2) is 4.39 Å². The number of amides is 1. The fraction of sp³-hybridized carbons (Fsp3) is 0.519. The average molecular weight is 488 g/mol. The van der Waals surface area contributed by atoms with Gasteiger partial charge in [0.1, 0.15) is 11.9 Å². The lowest BCUT2D eigenvalue weighted by Crippen LogP contribution is -2.60. The number of carbonyl (C=O) groups excluding carboxylic acids is 1. The molecule has 4 rings (SSSR count). The molecule has 2 aromatic carbocycles. The average Bonchev–Trinajstić information content (AvgIpc) is 3.16. The molecule has 4 atom stereocenters. The summed E-state index contributed by atoms with van der Waals surface area (Å²) in [7, 11) is 1.58. The molecule has 1 amide bonds. The van der Waals surface area contributed by atoms with E-state index in [0.717, 1.165) is 11.1 Å². The van der Waals surface area contributed by atoms with Crippen molar-refractivity contribution >= 4 is 5.91 Å². The summed E-state index contributed by atoms with van der Waals surface area (Å²) in [6.45, 7) is 4.97. The van der Waals surface area contributed by atoms with Gasteiger partial charge in [-0.3, -0.25) is 4.79 Å². The number of methoxy groups -OCH3 is 1. The Kier molecular flexibility index (Phi) is 8.19. The first-order valence-corrected chi connectivity index (χ1v) is 12.0. The van der Waals surface area contributed by atoms with Crippen molar-refractivity contribution in [3.8, 4) is 0 Å². The van der Waals surface area contributed by atoms with E-state index < -0.39 is 17.5 Å². The molecular weight excluding hydrogens is 453 g/mol. The Balaban J connectivity index is 1.58. The van der Waals surface area contributed by atoms with Crippen molar-refractivity contribution in [1.82, 2.24) is 5.32 Å². The predicted octanol–water partition coefficient (Wildman–Crippen LogP) is 3.74. The fourth-order valence-electron chi connectivity index (χ4n) is 4.72. The molecule has 1 N–H and O–H groups in total. The van der Waals surface area contributed by atoms with E-state index in [1.165, 1.54) is 12.1 Å². The summed E-state index contributed by atoms with van der Waals surface area (Å²) in [5.74, 6) is -1.38. The molecular formula is C27H34FNO6. The van der Waals surface area contributed by atoms with E-state index in [9.17, 15) is 9.18 Å². The first kappa shape index (κ1) is 25.7. The van der Waals surface area contributed by atoms with Crippen molar-refractivity contribution in [3.05, 3.63) is 71.5 Å². The highest BCUT2D eigenvalue weighted by molar-refractivity contribution is 5.85. The van der Waals surface area contributed by atoms with Crippen molar-refractivity contribution < 1.29 is 32.9 Å². The van der Waals surface area contributed by atoms with E-state index in [-0.39, 0.29) is 30.5 Å². The number of hydrogen-bond acceptors (Lipinski definition) is 6. The minimum absolute atomic E-state index is 0.144. The SMILES string of the molecule is COCCNC(=O)[C@@]1(OCc2ccc(F)cc2)CC(OCc2ccccc2)[C@@H]2OC(C)(C)O[C@@H]2C1. The quantitative estimate of drug-likeness (QED) is 0.515. The normalized spacial score (nSPS) is 27.4. The third-order valence-corrected chi connectivity index (χ3v) is 6.39. The summed E-state index contributed by atoms with van der Waals surface area (Å²) in [6, 6.07) is 15.9. The van der Waals surface area contributed by atoms with Crippen LogP contribution in [0.4, 0.5) is 4.39 Å². The standard InChI is InChI=1S/C27H34FNO6/c1-26(2)34-23-16-27(25(30)29-13-14-31-3,33-18-20-9-11-21(28)12-10-20)15-22(24(23)35-26)32-17-19-7-5-4-6-8-19/h4-12,22-24H,13-18H2,1-3H3,(H,29,30)/t22?,23-,24+,27-/m1/s1. The number of benzene rings is 2. The minimum atomic E-state index is -1.21. The lowest BCUT2D eigenvalue weighted by atomic mass is 9.78. The van der Waals surface area contributed by atoms with Crippen LogP contribution in [0.5, 0.6) is 0 Å². The molecule has 0 radical (unpaired) electrons. The van der Waals surface area contributed by atoms with E-state index >= 15 is 0 Å². The monoisotopic (exact) mass is 487 g/mol. The second kappa shape index (κ2) is 11.1. The van der Waals surface area contributed by atoms with Gasteiger partial charge in [-0.15, -0.1) is 0 Å². The summed E-state index contributed by atoms with van der Waals surface area (Å²) >= 11 is 0. The molecule has 0 bridgehead atoms. The smallest absolute Gasteiger partial charge is 0.252 e. The highest BCUT2D eigenvalue weighted by atomic mass is 19.1. The molecule has 1 unspecified atom stereocenters. The molecule has 2 aromatic rings. The van der Waals surface area contributed by atoms with Crippen molar-refractivity contribution in [1.29, 1.82) is 0 Å². The number of ether oxygens (including phenoxy) is 5. The Morgan fingerprint density at radius 1 is 1.03 bits per heavy atom. The highest BCUT2D eigenvalue weighted by Crippen LogP contribution is 2.44. The van der Waals surface area contributed by atoms with E-state index in [0.29, 0.717) is 32.6 Å². The number of carbonyl (C=O) groups is 1. The van der Waals surface area contributed by atoms with Crippen molar-refractivity contribution in [3.63, 3.8) is 0 Å². The minimum Gasteiger partial charge on any atom is -0.383 e. The van der Waals surface area contributed by atoms with E-state index in [2.05, 4.69) is 5.32 Å². The second-order valence-corrected chi connectivity index (χ2v) is 9.54. The van der Waals surface area contributed by atoms with Gasteiger partial charge < -0.3 is 29.0 Å². The van der Waals surface area contributed by atoms with Crippen molar-refractivity contribution in [2.45, 2.75) is 69.6 Å². The molecule has 2 fully saturated rings. The molecule has 8 heteroatoms. The van der Waals surface area contributed by atoms with Crippen LogP contribution in [0.1, 0.15) is 37.8 Å². The second-order valence-electron chi connectivity index (χ2n) is 9.54. The van der Waals surface area contributed by atoms with Gasteiger partial charge in [0.25, 0.3) is 5.91 Å².